The zero-order valence-electron chi connectivity index (χ0n) is 16.3. The van der Waals surface area contributed by atoms with Crippen molar-refractivity contribution < 1.29 is 9.84 Å². The van der Waals surface area contributed by atoms with Crippen molar-refractivity contribution in [3.8, 4) is 17.4 Å². The smallest absolute Gasteiger partial charge is 0.234 e. The van der Waals surface area contributed by atoms with Crippen LogP contribution in [-0.4, -0.2) is 58.2 Å². The second-order valence-corrected chi connectivity index (χ2v) is 7.19. The molecule has 1 fully saturated rings. The first-order valence-corrected chi connectivity index (χ1v) is 9.26. The molecular formula is C20H24N6O2. The molecular weight excluding hydrogens is 356 g/mol. The Kier molecular flexibility index (Phi) is 4.64. The fraction of sp³-hybridized carbons (Fsp3) is 0.350. The summed E-state index contributed by atoms with van der Waals surface area (Å²) in [5.74, 6) is 2.19. The van der Waals surface area contributed by atoms with Crippen molar-refractivity contribution in [1.82, 2.24) is 19.9 Å². The highest BCUT2D eigenvalue weighted by atomic mass is 16.5. The van der Waals surface area contributed by atoms with Gasteiger partial charge in [0.15, 0.2) is 0 Å². The molecule has 4 rings (SSSR count). The number of benzene rings is 1. The molecule has 2 aromatic heterocycles. The number of ether oxygens (including phenoxy) is 1. The Morgan fingerprint density at radius 2 is 1.86 bits per heavy atom. The van der Waals surface area contributed by atoms with Gasteiger partial charge in [-0.3, -0.25) is 0 Å². The quantitative estimate of drug-likeness (QED) is 0.715. The van der Waals surface area contributed by atoms with Gasteiger partial charge in [-0.1, -0.05) is 6.07 Å². The molecule has 0 radical (unpaired) electrons. The van der Waals surface area contributed by atoms with Crippen molar-refractivity contribution >= 4 is 22.5 Å². The van der Waals surface area contributed by atoms with Crippen molar-refractivity contribution in [3.63, 3.8) is 0 Å². The molecule has 1 aliphatic rings. The van der Waals surface area contributed by atoms with Crippen LogP contribution in [-0.2, 0) is 0 Å². The fourth-order valence-electron chi connectivity index (χ4n) is 3.40. The highest BCUT2D eigenvalue weighted by Gasteiger charge is 2.21. The molecule has 3 N–H and O–H groups in total. The van der Waals surface area contributed by atoms with E-state index in [1.54, 1.807) is 6.07 Å². The SMILES string of the molecule is Cc1ccc(O)c(C)c1Oc1nc(N2CCN(C)CC2)cc2ncnc(N)c12. The number of aryl methyl sites for hydroxylation is 1. The van der Waals surface area contributed by atoms with E-state index in [9.17, 15) is 5.11 Å². The molecule has 1 aromatic carbocycles. The van der Waals surface area contributed by atoms with Gasteiger partial charge in [-0.25, -0.2) is 9.97 Å². The van der Waals surface area contributed by atoms with Crippen molar-refractivity contribution in [1.29, 1.82) is 0 Å². The van der Waals surface area contributed by atoms with Crippen LogP contribution in [0.25, 0.3) is 10.9 Å². The summed E-state index contributed by atoms with van der Waals surface area (Å²) in [7, 11) is 2.11. The number of nitrogen functional groups attached to an aromatic ring is 1. The Morgan fingerprint density at radius 3 is 2.61 bits per heavy atom. The van der Waals surface area contributed by atoms with Crippen LogP contribution < -0.4 is 15.4 Å². The van der Waals surface area contributed by atoms with E-state index in [2.05, 4.69) is 26.8 Å². The highest BCUT2D eigenvalue weighted by Crippen LogP contribution is 2.38. The van der Waals surface area contributed by atoms with Gasteiger partial charge in [0.05, 0.1) is 5.52 Å². The maximum Gasteiger partial charge on any atom is 0.234 e. The van der Waals surface area contributed by atoms with Crippen LogP contribution >= 0.6 is 0 Å². The number of phenols is 1. The Bertz CT molecular complexity index is 1030. The van der Waals surface area contributed by atoms with Crippen molar-refractivity contribution in [2.24, 2.45) is 0 Å². The summed E-state index contributed by atoms with van der Waals surface area (Å²) < 4.78 is 6.20. The average Bonchev–Trinajstić information content (AvgIpc) is 2.68. The Labute approximate surface area is 163 Å². The third-order valence-corrected chi connectivity index (χ3v) is 5.20. The number of rotatable bonds is 3. The first-order valence-electron chi connectivity index (χ1n) is 9.26. The normalized spacial score (nSPS) is 15.2. The van der Waals surface area contributed by atoms with Gasteiger partial charge in [-0.2, -0.15) is 4.98 Å². The van der Waals surface area contributed by atoms with E-state index in [0.29, 0.717) is 33.9 Å². The molecule has 0 amide bonds. The van der Waals surface area contributed by atoms with E-state index in [-0.39, 0.29) is 5.75 Å². The number of nitrogens with two attached hydrogens (primary N) is 1. The molecule has 28 heavy (non-hydrogen) atoms. The van der Waals surface area contributed by atoms with Crippen LogP contribution in [0.1, 0.15) is 11.1 Å². The number of pyridine rings is 1. The fourth-order valence-corrected chi connectivity index (χ4v) is 3.40. The minimum absolute atomic E-state index is 0.171. The van der Waals surface area contributed by atoms with Gasteiger partial charge in [-0.15, -0.1) is 0 Å². The lowest BCUT2D eigenvalue weighted by atomic mass is 10.1. The minimum Gasteiger partial charge on any atom is -0.508 e. The number of phenolic OH excluding ortho intramolecular Hbond substituents is 1. The molecule has 146 valence electrons. The topological polar surface area (TPSA) is 101 Å². The molecule has 3 heterocycles. The average molecular weight is 380 g/mol. The largest absolute Gasteiger partial charge is 0.508 e. The number of piperazine rings is 1. The van der Waals surface area contributed by atoms with Crippen LogP contribution in [0, 0.1) is 13.8 Å². The van der Waals surface area contributed by atoms with Gasteiger partial charge >= 0.3 is 0 Å². The van der Waals surface area contributed by atoms with E-state index < -0.39 is 0 Å². The lowest BCUT2D eigenvalue weighted by Gasteiger charge is -2.33. The van der Waals surface area contributed by atoms with Crippen LogP contribution in [0.3, 0.4) is 0 Å². The lowest BCUT2D eigenvalue weighted by molar-refractivity contribution is 0.311. The summed E-state index contributed by atoms with van der Waals surface area (Å²) in [5.41, 5.74) is 8.35. The van der Waals surface area contributed by atoms with E-state index in [1.165, 1.54) is 6.33 Å². The van der Waals surface area contributed by atoms with Gasteiger partial charge < -0.3 is 25.4 Å². The van der Waals surface area contributed by atoms with Crippen molar-refractivity contribution in [3.05, 3.63) is 35.7 Å². The Hall–Kier alpha value is -3.13. The van der Waals surface area contributed by atoms with Gasteiger partial charge in [0, 0.05) is 37.8 Å². The number of anilines is 2. The maximum absolute atomic E-state index is 10.1. The number of aromatic hydroxyl groups is 1. The molecule has 0 atom stereocenters. The van der Waals surface area contributed by atoms with E-state index >= 15 is 0 Å². The number of nitrogens with zero attached hydrogens (tertiary/aromatic N) is 5. The number of fused-ring (bicyclic) bond motifs is 1. The predicted octanol–water partition coefficient (Wildman–Crippen LogP) is 2.47. The standard InChI is InChI=1S/C20H24N6O2/c1-12-4-5-15(27)13(2)18(12)28-20-17-14(22-11-23-19(17)21)10-16(24-20)26-8-6-25(3)7-9-26/h4-5,10-11,27H,6-9H2,1-3H3,(H2,21,22,23). The second kappa shape index (κ2) is 7.12. The van der Waals surface area contributed by atoms with Gasteiger partial charge in [0.1, 0.15) is 34.8 Å². The van der Waals surface area contributed by atoms with Crippen LogP contribution in [0.15, 0.2) is 24.5 Å². The summed E-state index contributed by atoms with van der Waals surface area (Å²) in [5, 5.41) is 10.7. The molecule has 0 spiro atoms. The first kappa shape index (κ1) is 18.2. The molecule has 3 aromatic rings. The first-order chi connectivity index (χ1) is 13.4. The molecule has 8 heteroatoms. The molecule has 1 aliphatic heterocycles. The van der Waals surface area contributed by atoms with Crippen LogP contribution in [0.5, 0.6) is 17.4 Å². The van der Waals surface area contributed by atoms with Gasteiger partial charge in [0.25, 0.3) is 0 Å². The second-order valence-electron chi connectivity index (χ2n) is 7.19. The Balaban J connectivity index is 1.83. The van der Waals surface area contributed by atoms with Crippen molar-refractivity contribution in [2.45, 2.75) is 13.8 Å². The number of likely N-dealkylation sites (N-methyl/N-ethyl adjacent to an activating group) is 1. The molecule has 0 bridgehead atoms. The molecule has 0 unspecified atom stereocenters. The predicted molar refractivity (Wildman–Crippen MR) is 109 cm³/mol. The molecule has 0 aliphatic carbocycles. The summed E-state index contributed by atoms with van der Waals surface area (Å²) in [6.07, 6.45) is 1.44. The number of hydrogen-bond donors (Lipinski definition) is 2. The lowest BCUT2D eigenvalue weighted by Crippen LogP contribution is -2.44. The summed E-state index contributed by atoms with van der Waals surface area (Å²) in [4.78, 5) is 17.7. The van der Waals surface area contributed by atoms with Gasteiger partial charge in [0.2, 0.25) is 5.88 Å². The maximum atomic E-state index is 10.1. The van der Waals surface area contributed by atoms with Crippen LogP contribution in [0.4, 0.5) is 11.6 Å². The summed E-state index contributed by atoms with van der Waals surface area (Å²) in [6, 6.07) is 5.39. The summed E-state index contributed by atoms with van der Waals surface area (Å²) >= 11 is 0. The number of hydrogen-bond acceptors (Lipinski definition) is 8. The third kappa shape index (κ3) is 3.27. The Morgan fingerprint density at radius 1 is 1.11 bits per heavy atom. The summed E-state index contributed by atoms with van der Waals surface area (Å²) in [6.45, 7) is 7.41. The van der Waals surface area contributed by atoms with Crippen molar-refractivity contribution in [2.75, 3.05) is 43.9 Å². The number of aromatic nitrogens is 3. The third-order valence-electron chi connectivity index (χ3n) is 5.20. The molecule has 1 saturated heterocycles. The minimum atomic E-state index is 0.171. The van der Waals surface area contributed by atoms with E-state index in [0.717, 1.165) is 37.6 Å². The zero-order chi connectivity index (χ0) is 19.8. The highest BCUT2D eigenvalue weighted by molar-refractivity contribution is 5.94. The van der Waals surface area contributed by atoms with Crippen LogP contribution in [0.2, 0.25) is 0 Å². The molecule has 8 nitrogen and oxygen atoms in total. The molecule has 0 saturated carbocycles. The van der Waals surface area contributed by atoms with E-state index in [4.69, 9.17) is 15.5 Å². The van der Waals surface area contributed by atoms with E-state index in [1.807, 2.05) is 26.0 Å². The monoisotopic (exact) mass is 380 g/mol. The zero-order valence-corrected chi connectivity index (χ0v) is 16.3. The van der Waals surface area contributed by atoms with Gasteiger partial charge in [-0.05, 0) is 32.5 Å².